The van der Waals surface area contributed by atoms with Gasteiger partial charge in [-0.2, -0.15) is 0 Å². The number of amides is 1. The predicted octanol–water partition coefficient (Wildman–Crippen LogP) is 2.21. The molecule has 4 N–H and O–H groups in total. The molecule has 4 unspecified atom stereocenters. The van der Waals surface area contributed by atoms with Crippen LogP contribution in [0.3, 0.4) is 0 Å². The number of carboxylic acids is 1. The summed E-state index contributed by atoms with van der Waals surface area (Å²) >= 11 is 0. The summed E-state index contributed by atoms with van der Waals surface area (Å²) in [4.78, 5) is 23.9. The van der Waals surface area contributed by atoms with Crippen LogP contribution >= 0.6 is 0 Å². The maximum atomic E-state index is 13.4. The van der Waals surface area contributed by atoms with Crippen LogP contribution in [-0.2, 0) is 38.0 Å². The Labute approximate surface area is 253 Å². The fourth-order valence-corrected chi connectivity index (χ4v) is 5.86. The first-order valence-electron chi connectivity index (χ1n) is 14.5. The van der Waals surface area contributed by atoms with Crippen LogP contribution in [0.4, 0.5) is 0 Å². The largest absolute Gasteiger partial charge is 0.478 e. The number of carbonyl (C=O) groups excluding carboxylic acids is 1. The molecule has 3 heterocycles. The zero-order valence-electron chi connectivity index (χ0n) is 25.8. The number of rotatable bonds is 12. The lowest BCUT2D eigenvalue weighted by molar-refractivity contribution is -0.332. The van der Waals surface area contributed by atoms with Crippen molar-refractivity contribution in [3.05, 3.63) is 48.6 Å². The molecule has 0 spiro atoms. The van der Waals surface area contributed by atoms with Crippen molar-refractivity contribution in [2.45, 2.75) is 102 Å². The molecule has 1 amide bonds. The number of aliphatic hydroxyl groups is 2. The predicted molar refractivity (Wildman–Crippen MR) is 156 cm³/mol. The Hall–Kier alpha value is -2.42. The third-order valence-electron chi connectivity index (χ3n) is 8.67. The molecule has 0 aromatic rings. The second kappa shape index (κ2) is 15.0. The highest BCUT2D eigenvalue weighted by molar-refractivity contribution is 5.82. The van der Waals surface area contributed by atoms with Crippen LogP contribution in [0.15, 0.2) is 48.6 Å². The van der Waals surface area contributed by atoms with Crippen LogP contribution < -0.4 is 5.32 Å². The maximum absolute atomic E-state index is 13.4. The quantitative estimate of drug-likeness (QED) is 0.146. The number of aliphatic carboxylic acids is 1. The summed E-state index contributed by atoms with van der Waals surface area (Å²) in [6.07, 6.45) is 3.73. The van der Waals surface area contributed by atoms with Gasteiger partial charge in [0.1, 0.15) is 19.0 Å². The lowest BCUT2D eigenvalue weighted by atomic mass is 9.72. The molecule has 0 bridgehead atoms. The van der Waals surface area contributed by atoms with Crippen molar-refractivity contribution in [1.29, 1.82) is 0 Å². The van der Waals surface area contributed by atoms with Crippen molar-refractivity contribution < 1.29 is 53.3 Å². The first kappa shape index (κ1) is 35.1. The monoisotopic (exact) mass is 609 g/mol. The smallest absolute Gasteiger partial charge is 0.328 e. The van der Waals surface area contributed by atoms with Gasteiger partial charge in [-0.15, -0.1) is 0 Å². The Morgan fingerprint density at radius 3 is 2.44 bits per heavy atom. The summed E-state index contributed by atoms with van der Waals surface area (Å²) in [5, 5.41) is 33.3. The molecule has 0 radical (unpaired) electrons. The number of hydrogen-bond acceptors (Lipinski definition) is 10. The van der Waals surface area contributed by atoms with Crippen LogP contribution in [0.5, 0.6) is 0 Å². The van der Waals surface area contributed by atoms with Crippen LogP contribution in [0.2, 0.25) is 0 Å². The first-order chi connectivity index (χ1) is 20.3. The fourth-order valence-electron chi connectivity index (χ4n) is 5.86. The molecular formula is C31H47NO11. The fraction of sp³-hybridized carbons (Fsp3) is 0.677. The lowest BCUT2D eigenvalue weighted by Gasteiger charge is -2.54. The summed E-state index contributed by atoms with van der Waals surface area (Å²) in [5.74, 6) is -3.37. The van der Waals surface area contributed by atoms with E-state index in [1.54, 1.807) is 31.4 Å². The highest BCUT2D eigenvalue weighted by Gasteiger charge is 2.57. The van der Waals surface area contributed by atoms with Gasteiger partial charge in [0.2, 0.25) is 5.79 Å². The Morgan fingerprint density at radius 1 is 1.12 bits per heavy atom. The molecule has 3 aliphatic rings. The third kappa shape index (κ3) is 8.20. The van der Waals surface area contributed by atoms with Gasteiger partial charge in [0.25, 0.3) is 5.91 Å². The van der Waals surface area contributed by atoms with E-state index in [0.29, 0.717) is 6.42 Å². The van der Waals surface area contributed by atoms with Crippen LogP contribution in [0.1, 0.15) is 47.0 Å². The molecule has 0 aromatic carbocycles. The van der Waals surface area contributed by atoms with E-state index in [4.69, 9.17) is 33.5 Å². The SMILES string of the molecule is C=C1C[C@](OC)([C@H](O)C(=O)NC2OCOC3C2O[C@H](CC(O)C/C=C/C=C/C=C/C(=O)O)C(C)(C)[C@@H]3OC)O[C@H](C)[C@@H]1C. The van der Waals surface area contributed by atoms with E-state index >= 15 is 0 Å². The zero-order valence-corrected chi connectivity index (χ0v) is 25.8. The summed E-state index contributed by atoms with van der Waals surface area (Å²) < 4.78 is 35.6. The standard InChI is InChI=1S/C31H47NO11/c1-18-16-31(39-7,43-20(3)19(18)2)26(36)28(37)32-29-25-24(40-17-41-29)27(38-6)30(4,5)22(42-25)15-21(33)13-11-9-8-10-12-14-23(34)35/h8-12,14,19-22,24-27,29,33,36H,1,13,15-17H2,2-7H3,(H,32,37)(H,34,35)/b10-8+,11-9+,14-12+/t19-,20-,21?,22-,24?,25?,26-,27-,29?,31-/m1/s1. The van der Waals surface area contributed by atoms with Crippen LogP contribution in [-0.4, -0.2) is 103 Å². The zero-order chi connectivity index (χ0) is 31.9. The van der Waals surface area contributed by atoms with Gasteiger partial charge in [-0.1, -0.05) is 63.3 Å². The lowest BCUT2D eigenvalue weighted by Crippen LogP contribution is -2.69. The molecule has 3 rings (SSSR count). The Balaban J connectivity index is 1.71. The summed E-state index contributed by atoms with van der Waals surface area (Å²) in [5.41, 5.74) is 0.217. The highest BCUT2D eigenvalue weighted by Crippen LogP contribution is 2.44. The number of hydrogen-bond donors (Lipinski definition) is 4. The molecule has 0 aromatic heterocycles. The van der Waals surface area contributed by atoms with Gasteiger partial charge in [-0.05, 0) is 13.3 Å². The van der Waals surface area contributed by atoms with E-state index in [-0.39, 0.29) is 31.7 Å². The number of nitrogens with one attached hydrogen (secondary N) is 1. The van der Waals surface area contributed by atoms with Crippen molar-refractivity contribution in [3.63, 3.8) is 0 Å². The molecule has 10 atom stereocenters. The van der Waals surface area contributed by atoms with Crippen LogP contribution in [0.25, 0.3) is 0 Å². The molecule has 242 valence electrons. The van der Waals surface area contributed by atoms with Gasteiger partial charge in [0.15, 0.2) is 12.3 Å². The van der Waals surface area contributed by atoms with E-state index in [1.165, 1.54) is 13.2 Å². The molecule has 3 fully saturated rings. The van der Waals surface area contributed by atoms with Crippen molar-refractivity contribution in [2.24, 2.45) is 11.3 Å². The van der Waals surface area contributed by atoms with E-state index in [2.05, 4.69) is 11.9 Å². The summed E-state index contributed by atoms with van der Waals surface area (Å²) in [7, 11) is 2.95. The molecule has 12 nitrogen and oxygen atoms in total. The van der Waals surface area contributed by atoms with E-state index in [0.717, 1.165) is 11.6 Å². The minimum absolute atomic E-state index is 0.0308. The molecule has 3 saturated heterocycles. The normalized spacial score (nSPS) is 36.1. The van der Waals surface area contributed by atoms with Crippen molar-refractivity contribution in [3.8, 4) is 0 Å². The number of carbonyl (C=O) groups is 2. The first-order valence-corrected chi connectivity index (χ1v) is 14.5. The number of carboxylic acid groups (broad SMARTS) is 1. The molecule has 43 heavy (non-hydrogen) atoms. The second-order valence-corrected chi connectivity index (χ2v) is 11.9. The number of fused-ring (bicyclic) bond motifs is 1. The Bertz CT molecular complexity index is 1070. The number of ether oxygens (including phenoxy) is 6. The average molecular weight is 610 g/mol. The van der Waals surface area contributed by atoms with Crippen LogP contribution in [0, 0.1) is 11.3 Å². The molecule has 0 saturated carbocycles. The number of methoxy groups -OCH3 is 2. The van der Waals surface area contributed by atoms with Gasteiger partial charge in [-0.3, -0.25) is 4.79 Å². The van der Waals surface area contributed by atoms with Crippen molar-refractivity contribution in [1.82, 2.24) is 5.32 Å². The summed E-state index contributed by atoms with van der Waals surface area (Å²) in [6, 6.07) is 0. The molecule has 12 heteroatoms. The topological polar surface area (TPSA) is 162 Å². The van der Waals surface area contributed by atoms with Gasteiger partial charge < -0.3 is 49.1 Å². The van der Waals surface area contributed by atoms with Gasteiger partial charge >= 0.3 is 5.97 Å². The van der Waals surface area contributed by atoms with Crippen molar-refractivity contribution >= 4 is 11.9 Å². The Morgan fingerprint density at radius 2 is 1.81 bits per heavy atom. The molecule has 0 aliphatic carbocycles. The van der Waals surface area contributed by atoms with Gasteiger partial charge in [0, 0.05) is 44.5 Å². The minimum atomic E-state index is -1.69. The average Bonchev–Trinajstić information content (AvgIpc) is 2.95. The molecule has 3 aliphatic heterocycles. The van der Waals surface area contributed by atoms with Crippen molar-refractivity contribution in [2.75, 3.05) is 21.0 Å². The van der Waals surface area contributed by atoms with E-state index < -0.39 is 65.9 Å². The number of allylic oxidation sites excluding steroid dienone is 4. The Kier molecular flexibility index (Phi) is 12.3. The highest BCUT2D eigenvalue weighted by atomic mass is 16.7. The van der Waals surface area contributed by atoms with Gasteiger partial charge in [0.05, 0.1) is 24.4 Å². The summed E-state index contributed by atoms with van der Waals surface area (Å²) in [6.45, 7) is 11.7. The molecular weight excluding hydrogens is 562 g/mol. The van der Waals surface area contributed by atoms with E-state index in [9.17, 15) is 19.8 Å². The minimum Gasteiger partial charge on any atom is -0.478 e. The van der Waals surface area contributed by atoms with Gasteiger partial charge in [-0.25, -0.2) is 4.79 Å². The number of aliphatic hydroxyl groups excluding tert-OH is 2. The second-order valence-electron chi connectivity index (χ2n) is 11.9. The maximum Gasteiger partial charge on any atom is 0.328 e. The van der Waals surface area contributed by atoms with E-state index in [1.807, 2.05) is 27.7 Å². The third-order valence-corrected chi connectivity index (χ3v) is 8.67.